The van der Waals surface area contributed by atoms with Gasteiger partial charge in [0.05, 0.1) is 0 Å². The summed E-state index contributed by atoms with van der Waals surface area (Å²) >= 11 is 0. The van der Waals surface area contributed by atoms with Gasteiger partial charge in [0.1, 0.15) is 0 Å². The number of hydrogen-bond acceptors (Lipinski definition) is 1. The van der Waals surface area contributed by atoms with Crippen molar-refractivity contribution in [1.29, 1.82) is 0 Å². The minimum absolute atomic E-state index is 0. The number of aliphatic imine (C=N–C) groups is 1. The number of likely N-dealkylation sites (tertiary alicyclic amines) is 1. The Morgan fingerprint density at radius 3 is 2.58 bits per heavy atom. The van der Waals surface area contributed by atoms with Crippen molar-refractivity contribution in [3.05, 3.63) is 0 Å². The Morgan fingerprint density at radius 1 is 1.21 bits per heavy atom. The zero-order chi connectivity index (χ0) is 12.8. The Kier molecular flexibility index (Phi) is 7.47. The first-order chi connectivity index (χ1) is 8.79. The Morgan fingerprint density at radius 2 is 1.95 bits per heavy atom. The van der Waals surface area contributed by atoms with Gasteiger partial charge in [0, 0.05) is 26.7 Å². The largest absolute Gasteiger partial charge is 0.356 e. The molecule has 0 aromatic carbocycles. The molecule has 1 heterocycles. The molecule has 1 spiro atoms. The van der Waals surface area contributed by atoms with Gasteiger partial charge in [0.15, 0.2) is 5.96 Å². The molecule has 112 valence electrons. The van der Waals surface area contributed by atoms with Crippen LogP contribution in [0.25, 0.3) is 0 Å². The van der Waals surface area contributed by atoms with E-state index >= 15 is 0 Å². The maximum atomic E-state index is 4.45. The molecular weight excluding hydrogens is 349 g/mol. The standard InChI is InChI=1S/C15H29N3.HI/c1-3-4-7-11-17-14(16-2)18-12-10-15(13-18)8-5-6-9-15;/h3-13H2,1-2H3,(H,16,17);1H. The number of nitrogens with one attached hydrogen (secondary N) is 1. The Balaban J connectivity index is 0.00000180. The van der Waals surface area contributed by atoms with Crippen molar-refractivity contribution in [2.45, 2.75) is 58.3 Å². The van der Waals surface area contributed by atoms with E-state index in [1.807, 2.05) is 7.05 Å². The molecule has 2 aliphatic rings. The van der Waals surface area contributed by atoms with E-state index in [2.05, 4.69) is 22.1 Å². The van der Waals surface area contributed by atoms with Crippen LogP contribution >= 0.6 is 24.0 Å². The molecule has 1 N–H and O–H groups in total. The molecule has 0 bridgehead atoms. The number of nitrogens with zero attached hydrogens (tertiary/aromatic N) is 2. The summed E-state index contributed by atoms with van der Waals surface area (Å²) in [5.74, 6) is 1.13. The maximum absolute atomic E-state index is 4.45. The quantitative estimate of drug-likeness (QED) is 0.350. The maximum Gasteiger partial charge on any atom is 0.193 e. The number of rotatable bonds is 4. The summed E-state index contributed by atoms with van der Waals surface area (Å²) in [5, 5.41) is 3.53. The van der Waals surface area contributed by atoms with Crippen LogP contribution in [0.2, 0.25) is 0 Å². The first-order valence-electron chi connectivity index (χ1n) is 7.75. The highest BCUT2D eigenvalue weighted by atomic mass is 127. The third-order valence-corrected chi connectivity index (χ3v) is 4.68. The van der Waals surface area contributed by atoms with Crippen molar-refractivity contribution in [2.24, 2.45) is 10.4 Å². The van der Waals surface area contributed by atoms with E-state index in [-0.39, 0.29) is 24.0 Å². The average Bonchev–Trinajstić information content (AvgIpc) is 3.01. The van der Waals surface area contributed by atoms with Gasteiger partial charge in [0.2, 0.25) is 0 Å². The van der Waals surface area contributed by atoms with Crippen LogP contribution in [-0.4, -0.2) is 37.5 Å². The van der Waals surface area contributed by atoms with Crippen LogP contribution < -0.4 is 5.32 Å². The predicted molar refractivity (Wildman–Crippen MR) is 93.4 cm³/mol. The minimum atomic E-state index is 0. The molecule has 1 saturated carbocycles. The van der Waals surface area contributed by atoms with E-state index in [0.29, 0.717) is 5.41 Å². The fourth-order valence-electron chi connectivity index (χ4n) is 3.56. The van der Waals surface area contributed by atoms with Gasteiger partial charge in [-0.25, -0.2) is 0 Å². The van der Waals surface area contributed by atoms with Crippen molar-refractivity contribution in [1.82, 2.24) is 10.2 Å². The smallest absolute Gasteiger partial charge is 0.193 e. The zero-order valence-corrected chi connectivity index (χ0v) is 14.9. The third kappa shape index (κ3) is 4.50. The van der Waals surface area contributed by atoms with Crippen LogP contribution in [0.5, 0.6) is 0 Å². The van der Waals surface area contributed by atoms with Gasteiger partial charge < -0.3 is 10.2 Å². The normalized spacial score (nSPS) is 21.8. The van der Waals surface area contributed by atoms with E-state index in [1.165, 1.54) is 64.5 Å². The topological polar surface area (TPSA) is 27.6 Å². The predicted octanol–water partition coefficient (Wildman–Crippen LogP) is 3.64. The molecule has 0 aromatic heterocycles. The molecule has 0 amide bonds. The fraction of sp³-hybridized carbons (Fsp3) is 0.933. The summed E-state index contributed by atoms with van der Waals surface area (Å²) in [6, 6.07) is 0. The molecule has 4 heteroatoms. The molecule has 0 atom stereocenters. The SMILES string of the molecule is CCCCCNC(=NC)N1CCC2(CCCC2)C1.I. The van der Waals surface area contributed by atoms with Gasteiger partial charge in [-0.2, -0.15) is 0 Å². The lowest BCUT2D eigenvalue weighted by Gasteiger charge is -2.25. The summed E-state index contributed by atoms with van der Waals surface area (Å²) in [6.07, 6.45) is 11.0. The highest BCUT2D eigenvalue weighted by Crippen LogP contribution is 2.45. The second kappa shape index (κ2) is 8.32. The Bertz CT molecular complexity index is 285. The van der Waals surface area contributed by atoms with Crippen molar-refractivity contribution in [2.75, 3.05) is 26.7 Å². The monoisotopic (exact) mass is 379 g/mol. The van der Waals surface area contributed by atoms with Crippen molar-refractivity contribution in [3.8, 4) is 0 Å². The summed E-state index contributed by atoms with van der Waals surface area (Å²) < 4.78 is 0. The summed E-state index contributed by atoms with van der Waals surface area (Å²) in [5.41, 5.74) is 0.640. The van der Waals surface area contributed by atoms with Gasteiger partial charge in [-0.3, -0.25) is 4.99 Å². The summed E-state index contributed by atoms with van der Waals surface area (Å²) in [6.45, 7) is 5.76. The first kappa shape index (κ1) is 17.1. The molecule has 1 aliphatic carbocycles. The second-order valence-corrected chi connectivity index (χ2v) is 6.06. The van der Waals surface area contributed by atoms with Crippen LogP contribution in [0.15, 0.2) is 4.99 Å². The van der Waals surface area contributed by atoms with Gasteiger partial charge in [0.25, 0.3) is 0 Å². The molecule has 0 radical (unpaired) electrons. The molecule has 0 aromatic rings. The molecule has 2 rings (SSSR count). The molecular formula is C15H30IN3. The van der Waals surface area contributed by atoms with E-state index < -0.39 is 0 Å². The van der Waals surface area contributed by atoms with Crippen molar-refractivity contribution in [3.63, 3.8) is 0 Å². The Hall–Kier alpha value is 0. The Labute approximate surface area is 135 Å². The molecule has 19 heavy (non-hydrogen) atoms. The molecule has 2 fully saturated rings. The van der Waals surface area contributed by atoms with Crippen molar-refractivity contribution >= 4 is 29.9 Å². The molecule has 0 unspecified atom stereocenters. The van der Waals surface area contributed by atoms with E-state index in [4.69, 9.17) is 0 Å². The lowest BCUT2D eigenvalue weighted by atomic mass is 9.86. The van der Waals surface area contributed by atoms with E-state index in [0.717, 1.165) is 12.5 Å². The van der Waals surface area contributed by atoms with E-state index in [1.54, 1.807) is 0 Å². The highest BCUT2D eigenvalue weighted by Gasteiger charge is 2.40. The number of guanidine groups is 1. The average molecular weight is 379 g/mol. The lowest BCUT2D eigenvalue weighted by Crippen LogP contribution is -2.41. The van der Waals surface area contributed by atoms with Gasteiger partial charge >= 0.3 is 0 Å². The van der Waals surface area contributed by atoms with Crippen LogP contribution in [0.4, 0.5) is 0 Å². The van der Waals surface area contributed by atoms with E-state index in [9.17, 15) is 0 Å². The number of unbranched alkanes of at least 4 members (excludes halogenated alkanes) is 2. The second-order valence-electron chi connectivity index (χ2n) is 6.06. The van der Waals surface area contributed by atoms with Crippen LogP contribution in [0, 0.1) is 5.41 Å². The number of halogens is 1. The zero-order valence-electron chi connectivity index (χ0n) is 12.6. The van der Waals surface area contributed by atoms with Gasteiger partial charge in [-0.1, -0.05) is 32.6 Å². The fourth-order valence-corrected chi connectivity index (χ4v) is 3.56. The third-order valence-electron chi connectivity index (χ3n) is 4.68. The van der Waals surface area contributed by atoms with Crippen LogP contribution in [0.3, 0.4) is 0 Å². The van der Waals surface area contributed by atoms with Gasteiger partial charge in [-0.05, 0) is 31.1 Å². The summed E-state index contributed by atoms with van der Waals surface area (Å²) in [4.78, 5) is 6.94. The molecule has 1 saturated heterocycles. The van der Waals surface area contributed by atoms with Gasteiger partial charge in [-0.15, -0.1) is 24.0 Å². The van der Waals surface area contributed by atoms with Crippen LogP contribution in [-0.2, 0) is 0 Å². The first-order valence-corrected chi connectivity index (χ1v) is 7.75. The highest BCUT2D eigenvalue weighted by molar-refractivity contribution is 14.0. The van der Waals surface area contributed by atoms with Crippen molar-refractivity contribution < 1.29 is 0 Å². The molecule has 3 nitrogen and oxygen atoms in total. The number of hydrogen-bond donors (Lipinski definition) is 1. The summed E-state index contributed by atoms with van der Waals surface area (Å²) in [7, 11) is 1.92. The van der Waals surface area contributed by atoms with Crippen LogP contribution in [0.1, 0.15) is 58.3 Å². The lowest BCUT2D eigenvalue weighted by molar-refractivity contribution is 0.309. The minimum Gasteiger partial charge on any atom is -0.356 e. The molecule has 1 aliphatic heterocycles.